The Bertz CT molecular complexity index is 376. The SMILES string of the molecule is O=C(O)CCSC1CCCc2ccccc21. The highest BCUT2D eigenvalue weighted by Gasteiger charge is 2.19. The lowest BCUT2D eigenvalue weighted by molar-refractivity contribution is -0.136. The third kappa shape index (κ3) is 2.79. The van der Waals surface area contributed by atoms with Gasteiger partial charge in [0.25, 0.3) is 0 Å². The van der Waals surface area contributed by atoms with Crippen LogP contribution in [-0.2, 0) is 11.2 Å². The molecule has 1 aliphatic rings. The minimum absolute atomic E-state index is 0.267. The molecule has 1 aliphatic carbocycles. The molecule has 16 heavy (non-hydrogen) atoms. The van der Waals surface area contributed by atoms with Crippen LogP contribution < -0.4 is 0 Å². The van der Waals surface area contributed by atoms with Gasteiger partial charge in [0.05, 0.1) is 6.42 Å². The number of hydrogen-bond acceptors (Lipinski definition) is 2. The first kappa shape index (κ1) is 11.5. The molecule has 1 N–H and O–H groups in total. The molecule has 2 nitrogen and oxygen atoms in total. The number of benzene rings is 1. The Balaban J connectivity index is 1.99. The molecule has 86 valence electrons. The lowest BCUT2D eigenvalue weighted by Crippen LogP contribution is -2.08. The Kier molecular flexibility index (Phi) is 3.88. The van der Waals surface area contributed by atoms with Crippen LogP contribution in [0.15, 0.2) is 24.3 Å². The van der Waals surface area contributed by atoms with Crippen molar-refractivity contribution >= 4 is 17.7 Å². The Hall–Kier alpha value is -0.960. The van der Waals surface area contributed by atoms with Crippen molar-refractivity contribution in [3.05, 3.63) is 35.4 Å². The molecule has 0 aliphatic heterocycles. The van der Waals surface area contributed by atoms with Crippen molar-refractivity contribution in [1.29, 1.82) is 0 Å². The van der Waals surface area contributed by atoms with Gasteiger partial charge in [0.1, 0.15) is 0 Å². The summed E-state index contributed by atoms with van der Waals surface area (Å²) in [6.45, 7) is 0. The summed E-state index contributed by atoms with van der Waals surface area (Å²) in [6, 6.07) is 8.55. The summed E-state index contributed by atoms with van der Waals surface area (Å²) in [5, 5.41) is 9.13. The van der Waals surface area contributed by atoms with E-state index in [4.69, 9.17) is 5.11 Å². The second-order valence-electron chi connectivity index (χ2n) is 4.09. The lowest BCUT2D eigenvalue weighted by Gasteiger charge is -2.24. The molecule has 1 atom stereocenters. The molecule has 1 aromatic rings. The maximum Gasteiger partial charge on any atom is 0.304 e. The Morgan fingerprint density at radius 1 is 1.44 bits per heavy atom. The number of rotatable bonds is 4. The summed E-state index contributed by atoms with van der Waals surface area (Å²) < 4.78 is 0. The normalized spacial score (nSPS) is 19.1. The molecule has 0 saturated heterocycles. The zero-order valence-electron chi connectivity index (χ0n) is 9.19. The highest BCUT2D eigenvalue weighted by Crippen LogP contribution is 2.39. The van der Waals surface area contributed by atoms with Crippen LogP contribution >= 0.6 is 11.8 Å². The first-order chi connectivity index (χ1) is 7.77. The largest absolute Gasteiger partial charge is 0.481 e. The van der Waals surface area contributed by atoms with Crippen LogP contribution in [-0.4, -0.2) is 16.8 Å². The molecule has 1 aromatic carbocycles. The summed E-state index contributed by atoms with van der Waals surface area (Å²) in [6.07, 6.45) is 3.85. The molecule has 0 aromatic heterocycles. The van der Waals surface area contributed by atoms with E-state index in [0.29, 0.717) is 11.0 Å². The van der Waals surface area contributed by atoms with Crippen LogP contribution in [0.25, 0.3) is 0 Å². The molecule has 0 bridgehead atoms. The molecule has 0 fully saturated rings. The topological polar surface area (TPSA) is 37.3 Å². The first-order valence-corrected chi connectivity index (χ1v) is 6.73. The zero-order valence-corrected chi connectivity index (χ0v) is 10.0. The molecule has 2 rings (SSSR count). The third-order valence-electron chi connectivity index (χ3n) is 2.95. The number of hydrogen-bond donors (Lipinski definition) is 1. The first-order valence-electron chi connectivity index (χ1n) is 5.68. The molecule has 0 heterocycles. The van der Waals surface area contributed by atoms with Gasteiger partial charge in [-0.1, -0.05) is 24.3 Å². The van der Waals surface area contributed by atoms with Crippen LogP contribution in [0.4, 0.5) is 0 Å². The van der Waals surface area contributed by atoms with E-state index in [0.717, 1.165) is 0 Å². The lowest BCUT2D eigenvalue weighted by atomic mass is 9.91. The molecular weight excluding hydrogens is 220 g/mol. The molecular formula is C13H16O2S. The molecule has 0 amide bonds. The van der Waals surface area contributed by atoms with Gasteiger partial charge in [-0.05, 0) is 30.4 Å². The van der Waals surface area contributed by atoms with E-state index in [1.807, 2.05) is 0 Å². The quantitative estimate of drug-likeness (QED) is 0.871. The van der Waals surface area contributed by atoms with E-state index in [-0.39, 0.29) is 6.42 Å². The van der Waals surface area contributed by atoms with Gasteiger partial charge in [0, 0.05) is 11.0 Å². The van der Waals surface area contributed by atoms with Crippen molar-refractivity contribution in [2.45, 2.75) is 30.9 Å². The van der Waals surface area contributed by atoms with E-state index in [1.165, 1.54) is 30.4 Å². The van der Waals surface area contributed by atoms with Crippen LogP contribution in [0, 0.1) is 0 Å². The number of carbonyl (C=O) groups is 1. The number of aryl methyl sites for hydroxylation is 1. The summed E-state index contributed by atoms with van der Waals surface area (Å²) in [7, 11) is 0. The van der Waals surface area contributed by atoms with Crippen LogP contribution in [0.5, 0.6) is 0 Å². The van der Waals surface area contributed by atoms with Crippen molar-refractivity contribution in [3.63, 3.8) is 0 Å². The maximum absolute atomic E-state index is 10.5. The summed E-state index contributed by atoms with van der Waals surface area (Å²) in [5.74, 6) is 0.0190. The molecule has 0 saturated carbocycles. The van der Waals surface area contributed by atoms with Crippen molar-refractivity contribution in [1.82, 2.24) is 0 Å². The minimum atomic E-state index is -0.698. The predicted octanol–water partition coefficient (Wildman–Crippen LogP) is 3.27. The molecule has 3 heteroatoms. The van der Waals surface area contributed by atoms with Gasteiger partial charge in [0.15, 0.2) is 0 Å². The maximum atomic E-state index is 10.5. The Morgan fingerprint density at radius 2 is 2.25 bits per heavy atom. The summed E-state index contributed by atoms with van der Waals surface area (Å²) in [5.41, 5.74) is 2.87. The second kappa shape index (κ2) is 5.39. The predicted molar refractivity (Wildman–Crippen MR) is 66.8 cm³/mol. The average molecular weight is 236 g/mol. The monoisotopic (exact) mass is 236 g/mol. The fraction of sp³-hybridized carbons (Fsp3) is 0.462. The van der Waals surface area contributed by atoms with Crippen LogP contribution in [0.2, 0.25) is 0 Å². The summed E-state index contributed by atoms with van der Waals surface area (Å²) >= 11 is 1.79. The number of carboxylic acid groups (broad SMARTS) is 1. The van der Waals surface area contributed by atoms with Crippen LogP contribution in [0.1, 0.15) is 35.6 Å². The minimum Gasteiger partial charge on any atom is -0.481 e. The standard InChI is InChI=1S/C13H16O2S/c14-13(15)8-9-16-12-7-3-5-10-4-1-2-6-11(10)12/h1-2,4,6,12H,3,5,7-9H2,(H,14,15). The van der Waals surface area contributed by atoms with Gasteiger partial charge in [0.2, 0.25) is 0 Å². The number of thioether (sulfide) groups is 1. The third-order valence-corrected chi connectivity index (χ3v) is 4.28. The van der Waals surface area contributed by atoms with Crippen LogP contribution in [0.3, 0.4) is 0 Å². The van der Waals surface area contributed by atoms with Gasteiger partial charge in [-0.3, -0.25) is 4.79 Å². The Morgan fingerprint density at radius 3 is 3.06 bits per heavy atom. The van der Waals surface area contributed by atoms with Crippen molar-refractivity contribution in [2.24, 2.45) is 0 Å². The van der Waals surface area contributed by atoms with Gasteiger partial charge in [-0.2, -0.15) is 11.8 Å². The van der Waals surface area contributed by atoms with Gasteiger partial charge < -0.3 is 5.11 Å². The fourth-order valence-corrected chi connectivity index (χ4v) is 3.49. The highest BCUT2D eigenvalue weighted by atomic mass is 32.2. The highest BCUT2D eigenvalue weighted by molar-refractivity contribution is 7.99. The number of aliphatic carboxylic acids is 1. The Labute approximate surface area is 100 Å². The van der Waals surface area contributed by atoms with E-state index < -0.39 is 5.97 Å². The van der Waals surface area contributed by atoms with Crippen molar-refractivity contribution < 1.29 is 9.90 Å². The van der Waals surface area contributed by atoms with Crippen molar-refractivity contribution in [3.8, 4) is 0 Å². The van der Waals surface area contributed by atoms with E-state index in [2.05, 4.69) is 24.3 Å². The van der Waals surface area contributed by atoms with E-state index in [9.17, 15) is 4.79 Å². The van der Waals surface area contributed by atoms with Gasteiger partial charge in [-0.25, -0.2) is 0 Å². The van der Waals surface area contributed by atoms with E-state index >= 15 is 0 Å². The molecule has 0 radical (unpaired) electrons. The number of fused-ring (bicyclic) bond motifs is 1. The van der Waals surface area contributed by atoms with Crippen molar-refractivity contribution in [2.75, 3.05) is 5.75 Å². The van der Waals surface area contributed by atoms with E-state index in [1.54, 1.807) is 11.8 Å². The number of carboxylic acids is 1. The fourth-order valence-electron chi connectivity index (χ4n) is 2.17. The second-order valence-corrected chi connectivity index (χ2v) is 5.40. The molecule has 1 unspecified atom stereocenters. The zero-order chi connectivity index (χ0) is 11.4. The smallest absolute Gasteiger partial charge is 0.304 e. The van der Waals surface area contributed by atoms with Gasteiger partial charge >= 0.3 is 5.97 Å². The van der Waals surface area contributed by atoms with Gasteiger partial charge in [-0.15, -0.1) is 0 Å². The summed E-state index contributed by atoms with van der Waals surface area (Å²) in [4.78, 5) is 10.5. The average Bonchev–Trinajstić information content (AvgIpc) is 2.29. The molecule has 0 spiro atoms.